The molecule has 0 radical (unpaired) electrons. The summed E-state index contributed by atoms with van der Waals surface area (Å²) in [6.07, 6.45) is 0. The van der Waals surface area contributed by atoms with E-state index in [1.807, 2.05) is 60.7 Å². The summed E-state index contributed by atoms with van der Waals surface area (Å²) < 4.78 is 1.53. The van der Waals surface area contributed by atoms with Crippen molar-refractivity contribution in [3.8, 4) is 17.1 Å². The Hall–Kier alpha value is -3.41. The van der Waals surface area contributed by atoms with Gasteiger partial charge in [-0.15, -0.1) is 5.10 Å². The van der Waals surface area contributed by atoms with Crippen LogP contribution in [0.25, 0.3) is 28.1 Å². The Labute approximate surface area is 131 Å². The molecule has 0 fully saturated rings. The minimum Gasteiger partial charge on any atom is -0.383 e. The molecular weight excluding hydrogens is 290 g/mol. The summed E-state index contributed by atoms with van der Waals surface area (Å²) >= 11 is 0. The Balaban J connectivity index is 1.97. The third-order valence-electron chi connectivity index (χ3n) is 3.63. The summed E-state index contributed by atoms with van der Waals surface area (Å²) in [5.41, 5.74) is 7.73. The van der Waals surface area contributed by atoms with Crippen molar-refractivity contribution in [2.75, 3.05) is 5.73 Å². The highest BCUT2D eigenvalue weighted by atomic mass is 16.1. The number of fused-ring (bicyclic) bond motifs is 1. The molecule has 0 unspecified atom stereocenters. The van der Waals surface area contributed by atoms with Crippen molar-refractivity contribution in [3.05, 3.63) is 71.0 Å². The van der Waals surface area contributed by atoms with E-state index in [1.165, 1.54) is 4.68 Å². The van der Waals surface area contributed by atoms with Gasteiger partial charge in [-0.25, -0.2) is 9.67 Å². The van der Waals surface area contributed by atoms with E-state index in [9.17, 15) is 4.79 Å². The number of nitrogen functional groups attached to an aromatic ring is 1. The molecule has 0 spiro atoms. The molecule has 23 heavy (non-hydrogen) atoms. The van der Waals surface area contributed by atoms with E-state index in [1.54, 1.807) is 0 Å². The van der Waals surface area contributed by atoms with E-state index < -0.39 is 0 Å². The van der Waals surface area contributed by atoms with Crippen molar-refractivity contribution in [2.24, 2.45) is 0 Å². The normalized spacial score (nSPS) is 11.0. The third-order valence-corrected chi connectivity index (χ3v) is 3.63. The first kappa shape index (κ1) is 13.3. The highest BCUT2D eigenvalue weighted by molar-refractivity contribution is 5.87. The van der Waals surface area contributed by atoms with Gasteiger partial charge in [0.25, 0.3) is 5.56 Å². The Morgan fingerprint density at radius 1 is 0.957 bits per heavy atom. The van der Waals surface area contributed by atoms with Gasteiger partial charge in [-0.3, -0.25) is 4.79 Å². The summed E-state index contributed by atoms with van der Waals surface area (Å²) in [6.45, 7) is 0. The highest BCUT2D eigenvalue weighted by Crippen LogP contribution is 2.21. The van der Waals surface area contributed by atoms with Gasteiger partial charge in [0.1, 0.15) is 17.0 Å². The summed E-state index contributed by atoms with van der Waals surface area (Å²) in [5.74, 6) is 0.750. The van der Waals surface area contributed by atoms with Crippen molar-refractivity contribution in [1.29, 1.82) is 0 Å². The molecule has 2 aromatic carbocycles. The number of nitrogens with one attached hydrogen (secondary N) is 1. The fourth-order valence-corrected chi connectivity index (χ4v) is 2.52. The van der Waals surface area contributed by atoms with E-state index in [-0.39, 0.29) is 11.4 Å². The molecule has 6 nitrogen and oxygen atoms in total. The maximum Gasteiger partial charge on any atom is 0.264 e. The number of hydrogen-bond acceptors (Lipinski definition) is 4. The predicted octanol–water partition coefficient (Wildman–Crippen LogP) is 2.36. The Morgan fingerprint density at radius 3 is 2.30 bits per heavy atom. The van der Waals surface area contributed by atoms with Gasteiger partial charge in [0.05, 0.1) is 5.69 Å². The van der Waals surface area contributed by atoms with Crippen LogP contribution in [0.5, 0.6) is 0 Å². The van der Waals surface area contributed by atoms with Crippen LogP contribution < -0.4 is 11.3 Å². The molecule has 0 atom stereocenters. The summed E-state index contributed by atoms with van der Waals surface area (Å²) in [6, 6.07) is 18.8. The van der Waals surface area contributed by atoms with Gasteiger partial charge in [-0.05, 0) is 12.1 Å². The number of benzene rings is 2. The minimum absolute atomic E-state index is 0.277. The molecule has 0 aliphatic heterocycles. The fraction of sp³-hybridized carbons (Fsp3) is 0. The lowest BCUT2D eigenvalue weighted by molar-refractivity contribution is 0.900. The SMILES string of the molecule is Nc1c2c(=O)[nH]c(-c3ccccc3)nc2nn1-c1ccccc1. The van der Waals surface area contributed by atoms with E-state index >= 15 is 0 Å². The maximum atomic E-state index is 12.4. The lowest BCUT2D eigenvalue weighted by Crippen LogP contribution is -2.10. The molecule has 0 saturated carbocycles. The zero-order valence-electron chi connectivity index (χ0n) is 12.1. The first-order chi connectivity index (χ1) is 11.2. The van der Waals surface area contributed by atoms with Crippen molar-refractivity contribution in [2.45, 2.75) is 0 Å². The lowest BCUT2D eigenvalue weighted by Gasteiger charge is -2.01. The minimum atomic E-state index is -0.298. The van der Waals surface area contributed by atoms with Crippen molar-refractivity contribution < 1.29 is 0 Å². The van der Waals surface area contributed by atoms with E-state index in [0.717, 1.165) is 11.3 Å². The van der Waals surface area contributed by atoms with E-state index in [0.29, 0.717) is 16.9 Å². The van der Waals surface area contributed by atoms with Gasteiger partial charge in [0.2, 0.25) is 0 Å². The molecule has 3 N–H and O–H groups in total. The Bertz CT molecular complexity index is 1040. The predicted molar refractivity (Wildman–Crippen MR) is 89.3 cm³/mol. The number of nitrogens with two attached hydrogens (primary N) is 1. The van der Waals surface area contributed by atoms with E-state index in [2.05, 4.69) is 15.1 Å². The number of nitrogens with zero attached hydrogens (tertiary/aromatic N) is 3. The van der Waals surface area contributed by atoms with Crippen molar-refractivity contribution >= 4 is 16.9 Å². The van der Waals surface area contributed by atoms with Gasteiger partial charge < -0.3 is 10.7 Å². The van der Waals surface area contributed by atoms with Crippen LogP contribution in [0.1, 0.15) is 0 Å². The zero-order chi connectivity index (χ0) is 15.8. The standard InChI is InChI=1S/C17H13N5O/c18-14-13-16(21-22(14)12-9-5-2-6-10-12)19-15(20-17(13)23)11-7-3-1-4-8-11/h1-10H,18H2,(H,19,20,21,23). The largest absolute Gasteiger partial charge is 0.383 e. The van der Waals surface area contributed by atoms with E-state index in [4.69, 9.17) is 5.73 Å². The second-order valence-corrected chi connectivity index (χ2v) is 5.11. The molecule has 2 heterocycles. The van der Waals surface area contributed by atoms with Crippen LogP contribution in [0.2, 0.25) is 0 Å². The van der Waals surface area contributed by atoms with Crippen LogP contribution in [0.15, 0.2) is 65.5 Å². The van der Waals surface area contributed by atoms with Crippen molar-refractivity contribution in [1.82, 2.24) is 19.7 Å². The summed E-state index contributed by atoms with van der Waals surface area (Å²) in [5, 5.41) is 4.69. The van der Waals surface area contributed by atoms with Gasteiger partial charge >= 0.3 is 0 Å². The molecule has 0 bridgehead atoms. The number of anilines is 1. The molecule has 0 saturated heterocycles. The molecule has 2 aromatic heterocycles. The average molecular weight is 303 g/mol. The summed E-state index contributed by atoms with van der Waals surface area (Å²) in [4.78, 5) is 19.6. The molecule has 4 aromatic rings. The van der Waals surface area contributed by atoms with Crippen molar-refractivity contribution in [3.63, 3.8) is 0 Å². The quantitative estimate of drug-likeness (QED) is 0.595. The topological polar surface area (TPSA) is 89.6 Å². The summed E-state index contributed by atoms with van der Waals surface area (Å²) in [7, 11) is 0. The first-order valence-electron chi connectivity index (χ1n) is 7.13. The van der Waals surface area contributed by atoms with Crippen LogP contribution in [0.4, 0.5) is 5.82 Å². The molecule has 6 heteroatoms. The van der Waals surface area contributed by atoms with Crippen LogP contribution in [0.3, 0.4) is 0 Å². The molecule has 0 aliphatic rings. The highest BCUT2D eigenvalue weighted by Gasteiger charge is 2.16. The fourth-order valence-electron chi connectivity index (χ4n) is 2.52. The number of hydrogen-bond donors (Lipinski definition) is 2. The van der Waals surface area contributed by atoms with Gasteiger partial charge in [-0.2, -0.15) is 0 Å². The first-order valence-corrected chi connectivity index (χ1v) is 7.13. The molecule has 0 amide bonds. The Kier molecular flexibility index (Phi) is 2.94. The molecule has 0 aliphatic carbocycles. The molecule has 4 rings (SSSR count). The Morgan fingerprint density at radius 2 is 1.61 bits per heavy atom. The van der Waals surface area contributed by atoms with Gasteiger partial charge in [-0.1, -0.05) is 48.5 Å². The van der Waals surface area contributed by atoms with Gasteiger partial charge in [0.15, 0.2) is 5.65 Å². The zero-order valence-corrected chi connectivity index (χ0v) is 12.1. The number of rotatable bonds is 2. The number of H-pyrrole nitrogens is 1. The average Bonchev–Trinajstić information content (AvgIpc) is 2.94. The maximum absolute atomic E-state index is 12.4. The molecular formula is C17H13N5O. The lowest BCUT2D eigenvalue weighted by atomic mass is 10.2. The van der Waals surface area contributed by atoms with Crippen LogP contribution in [-0.2, 0) is 0 Å². The van der Waals surface area contributed by atoms with Gasteiger partial charge in [0, 0.05) is 5.56 Å². The number of para-hydroxylation sites is 1. The smallest absolute Gasteiger partial charge is 0.264 e. The second kappa shape index (κ2) is 5.10. The number of aromatic amines is 1. The van der Waals surface area contributed by atoms with Crippen LogP contribution in [0, 0.1) is 0 Å². The van der Waals surface area contributed by atoms with Crippen LogP contribution >= 0.6 is 0 Å². The monoisotopic (exact) mass is 303 g/mol. The molecule has 112 valence electrons. The van der Waals surface area contributed by atoms with Crippen LogP contribution in [-0.4, -0.2) is 19.7 Å². The number of aromatic nitrogens is 4. The third kappa shape index (κ3) is 2.17. The second-order valence-electron chi connectivity index (χ2n) is 5.11.